The molecular formula is C11H23NO2. The molecule has 0 spiro atoms. The van der Waals surface area contributed by atoms with E-state index in [0.29, 0.717) is 18.8 Å². The summed E-state index contributed by atoms with van der Waals surface area (Å²) in [5.41, 5.74) is 5.98. The van der Waals surface area contributed by atoms with Crippen LogP contribution in [0.1, 0.15) is 45.4 Å². The Morgan fingerprint density at radius 2 is 1.86 bits per heavy atom. The zero-order valence-electron chi connectivity index (χ0n) is 9.02. The summed E-state index contributed by atoms with van der Waals surface area (Å²) in [6.07, 6.45) is 4.71. The summed E-state index contributed by atoms with van der Waals surface area (Å²) in [6.45, 7) is 1.88. The van der Waals surface area contributed by atoms with Crippen molar-refractivity contribution in [3.63, 3.8) is 0 Å². The van der Waals surface area contributed by atoms with Gasteiger partial charge in [-0.05, 0) is 31.6 Å². The Balaban J connectivity index is 2.34. The smallest absolute Gasteiger partial charge is 0.0802 e. The van der Waals surface area contributed by atoms with E-state index in [0.717, 1.165) is 12.8 Å². The molecule has 0 amide bonds. The van der Waals surface area contributed by atoms with Crippen molar-refractivity contribution in [2.45, 2.75) is 63.7 Å². The Labute approximate surface area is 86.3 Å². The molecule has 2 unspecified atom stereocenters. The zero-order valence-corrected chi connectivity index (χ0v) is 9.02. The van der Waals surface area contributed by atoms with Crippen LogP contribution in [0.2, 0.25) is 0 Å². The van der Waals surface area contributed by atoms with E-state index in [1.165, 1.54) is 12.8 Å². The Morgan fingerprint density at radius 1 is 1.21 bits per heavy atom. The Hall–Kier alpha value is -0.120. The van der Waals surface area contributed by atoms with Crippen LogP contribution in [0.4, 0.5) is 0 Å². The van der Waals surface area contributed by atoms with Gasteiger partial charge in [-0.1, -0.05) is 19.8 Å². The van der Waals surface area contributed by atoms with Crippen molar-refractivity contribution in [1.82, 2.24) is 0 Å². The molecule has 1 aliphatic carbocycles. The molecule has 1 rings (SSSR count). The van der Waals surface area contributed by atoms with Gasteiger partial charge in [0.2, 0.25) is 0 Å². The quantitative estimate of drug-likeness (QED) is 0.636. The summed E-state index contributed by atoms with van der Waals surface area (Å²) in [7, 11) is 0. The van der Waals surface area contributed by atoms with Crippen molar-refractivity contribution in [2.75, 3.05) is 0 Å². The first-order valence-electron chi connectivity index (χ1n) is 5.76. The lowest BCUT2D eigenvalue weighted by Crippen LogP contribution is -2.38. The van der Waals surface area contributed by atoms with E-state index < -0.39 is 12.2 Å². The molecule has 3 nitrogen and oxygen atoms in total. The highest BCUT2D eigenvalue weighted by Gasteiger charge is 2.26. The minimum Gasteiger partial charge on any atom is -0.390 e. The molecule has 0 aromatic heterocycles. The highest BCUT2D eigenvalue weighted by atomic mass is 16.3. The number of hydrogen-bond donors (Lipinski definition) is 3. The van der Waals surface area contributed by atoms with E-state index in [1.54, 1.807) is 0 Å². The van der Waals surface area contributed by atoms with Gasteiger partial charge in [0.15, 0.2) is 0 Å². The van der Waals surface area contributed by atoms with Gasteiger partial charge in [-0.3, -0.25) is 0 Å². The summed E-state index contributed by atoms with van der Waals surface area (Å²) in [5, 5.41) is 19.1. The average Bonchev–Trinajstić information content (AvgIpc) is 2.20. The average molecular weight is 201 g/mol. The molecule has 0 aromatic carbocycles. The van der Waals surface area contributed by atoms with Crippen LogP contribution >= 0.6 is 0 Å². The molecule has 0 aromatic rings. The summed E-state index contributed by atoms with van der Waals surface area (Å²) >= 11 is 0. The van der Waals surface area contributed by atoms with Crippen LogP contribution in [0.5, 0.6) is 0 Å². The van der Waals surface area contributed by atoms with Gasteiger partial charge >= 0.3 is 0 Å². The lowest BCUT2D eigenvalue weighted by molar-refractivity contribution is -0.00191. The fourth-order valence-corrected chi connectivity index (χ4v) is 2.27. The van der Waals surface area contributed by atoms with Crippen LogP contribution in [-0.4, -0.2) is 28.5 Å². The maximum Gasteiger partial charge on any atom is 0.0802 e. The zero-order chi connectivity index (χ0) is 10.6. The van der Waals surface area contributed by atoms with Gasteiger partial charge in [-0.15, -0.1) is 0 Å². The van der Waals surface area contributed by atoms with Gasteiger partial charge in [-0.2, -0.15) is 0 Å². The molecule has 0 bridgehead atoms. The van der Waals surface area contributed by atoms with E-state index in [2.05, 4.69) is 0 Å². The first-order chi connectivity index (χ1) is 6.65. The second-order valence-corrected chi connectivity index (χ2v) is 4.49. The third-order valence-corrected chi connectivity index (χ3v) is 3.37. The maximum absolute atomic E-state index is 9.68. The third-order valence-electron chi connectivity index (χ3n) is 3.37. The molecule has 1 saturated carbocycles. The highest BCUT2D eigenvalue weighted by Crippen LogP contribution is 2.27. The van der Waals surface area contributed by atoms with Crippen molar-refractivity contribution in [2.24, 2.45) is 11.7 Å². The van der Waals surface area contributed by atoms with Crippen LogP contribution in [0.25, 0.3) is 0 Å². The fourth-order valence-electron chi connectivity index (χ4n) is 2.27. The van der Waals surface area contributed by atoms with Crippen LogP contribution < -0.4 is 5.73 Å². The Kier molecular flexibility index (Phi) is 4.85. The number of aliphatic hydroxyl groups is 2. The van der Waals surface area contributed by atoms with Crippen LogP contribution in [0.15, 0.2) is 0 Å². The lowest BCUT2D eigenvalue weighted by atomic mass is 9.81. The summed E-state index contributed by atoms with van der Waals surface area (Å²) < 4.78 is 0. The first kappa shape index (κ1) is 12.0. The normalized spacial score (nSPS) is 32.6. The molecule has 4 N–H and O–H groups in total. The third kappa shape index (κ3) is 3.23. The van der Waals surface area contributed by atoms with Crippen molar-refractivity contribution >= 4 is 0 Å². The van der Waals surface area contributed by atoms with Gasteiger partial charge in [0, 0.05) is 6.04 Å². The van der Waals surface area contributed by atoms with Crippen molar-refractivity contribution in [3.05, 3.63) is 0 Å². The van der Waals surface area contributed by atoms with Crippen LogP contribution in [-0.2, 0) is 0 Å². The summed E-state index contributed by atoms with van der Waals surface area (Å²) in [5.74, 6) is 0.403. The van der Waals surface area contributed by atoms with Gasteiger partial charge in [0.1, 0.15) is 0 Å². The monoisotopic (exact) mass is 201 g/mol. The minimum absolute atomic E-state index is 0.224. The highest BCUT2D eigenvalue weighted by molar-refractivity contribution is 4.81. The number of aliphatic hydroxyl groups excluding tert-OH is 2. The number of nitrogens with two attached hydrogens (primary N) is 1. The molecule has 4 atom stereocenters. The van der Waals surface area contributed by atoms with Gasteiger partial charge in [0.25, 0.3) is 0 Å². The summed E-state index contributed by atoms with van der Waals surface area (Å²) in [4.78, 5) is 0. The van der Waals surface area contributed by atoms with Gasteiger partial charge in [0.05, 0.1) is 12.2 Å². The standard InChI is InChI=1S/C11H23NO2/c1-2-10(13)11(14)7-8-5-3-4-6-9(8)12/h8-11,13-14H,2-7,12H2,1H3/t8?,9?,10-,11+/m1/s1. The van der Waals surface area contributed by atoms with E-state index in [1.807, 2.05) is 6.92 Å². The fraction of sp³-hybridized carbons (Fsp3) is 1.00. The molecule has 14 heavy (non-hydrogen) atoms. The predicted molar refractivity (Wildman–Crippen MR) is 56.9 cm³/mol. The molecule has 0 aliphatic heterocycles. The molecular weight excluding hydrogens is 178 g/mol. The van der Waals surface area contributed by atoms with Crippen LogP contribution in [0.3, 0.4) is 0 Å². The Bertz CT molecular complexity index is 163. The molecule has 0 saturated heterocycles. The van der Waals surface area contributed by atoms with Crippen LogP contribution in [0, 0.1) is 5.92 Å². The molecule has 1 aliphatic rings. The Morgan fingerprint density at radius 3 is 2.43 bits per heavy atom. The molecule has 0 heterocycles. The maximum atomic E-state index is 9.68. The van der Waals surface area contributed by atoms with Crippen molar-refractivity contribution in [3.8, 4) is 0 Å². The van der Waals surface area contributed by atoms with E-state index >= 15 is 0 Å². The SMILES string of the molecule is CC[C@@H](O)[C@@H](O)CC1CCCCC1N. The van der Waals surface area contributed by atoms with Gasteiger partial charge < -0.3 is 15.9 Å². The van der Waals surface area contributed by atoms with E-state index in [4.69, 9.17) is 5.73 Å². The lowest BCUT2D eigenvalue weighted by Gasteiger charge is -2.31. The molecule has 84 valence electrons. The topological polar surface area (TPSA) is 66.5 Å². The van der Waals surface area contributed by atoms with E-state index in [-0.39, 0.29) is 6.04 Å². The second-order valence-electron chi connectivity index (χ2n) is 4.49. The van der Waals surface area contributed by atoms with Crippen molar-refractivity contribution < 1.29 is 10.2 Å². The predicted octanol–water partition coefficient (Wildman–Crippen LogP) is 1.03. The molecule has 0 radical (unpaired) electrons. The molecule has 3 heteroatoms. The summed E-state index contributed by atoms with van der Waals surface area (Å²) in [6, 6.07) is 0.224. The molecule has 1 fully saturated rings. The van der Waals surface area contributed by atoms with Crippen molar-refractivity contribution in [1.29, 1.82) is 0 Å². The first-order valence-corrected chi connectivity index (χ1v) is 5.76. The second kappa shape index (κ2) is 5.69. The van der Waals surface area contributed by atoms with Gasteiger partial charge in [-0.25, -0.2) is 0 Å². The van der Waals surface area contributed by atoms with E-state index in [9.17, 15) is 10.2 Å². The largest absolute Gasteiger partial charge is 0.390 e. The number of hydrogen-bond acceptors (Lipinski definition) is 3. The number of rotatable bonds is 4. The minimum atomic E-state index is -0.589.